The van der Waals surface area contributed by atoms with E-state index >= 15 is 0 Å². The Morgan fingerprint density at radius 2 is 2.00 bits per heavy atom. The van der Waals surface area contributed by atoms with Crippen LogP contribution in [0.25, 0.3) is 10.6 Å². The lowest BCUT2D eigenvalue weighted by Gasteiger charge is -2.04. The van der Waals surface area contributed by atoms with E-state index in [9.17, 15) is 0 Å². The summed E-state index contributed by atoms with van der Waals surface area (Å²) in [4.78, 5) is 5.34. The van der Waals surface area contributed by atoms with Crippen molar-refractivity contribution < 1.29 is 4.74 Å². The normalized spacial score (nSPS) is 10.5. The van der Waals surface area contributed by atoms with Gasteiger partial charge in [0.05, 0.1) is 17.2 Å². The molecule has 4 nitrogen and oxygen atoms in total. The van der Waals surface area contributed by atoms with Crippen molar-refractivity contribution in [3.05, 3.63) is 34.8 Å². The van der Waals surface area contributed by atoms with Crippen LogP contribution in [0.1, 0.15) is 30.8 Å². The maximum Gasteiger partial charge on any atom is 0.135 e. The number of ether oxygens (including phenoxy) is 1. The quantitative estimate of drug-likeness (QED) is 0.632. The minimum absolute atomic E-state index is 0.0912. The zero-order valence-electron chi connectivity index (χ0n) is 11.8. The van der Waals surface area contributed by atoms with Gasteiger partial charge in [-0.15, -0.1) is 11.3 Å². The highest BCUT2D eigenvalue weighted by molar-refractivity contribution is 7.17. The monoisotopic (exact) mass is 289 g/mol. The molecule has 20 heavy (non-hydrogen) atoms. The van der Waals surface area contributed by atoms with Gasteiger partial charge in [-0.25, -0.2) is 4.98 Å². The molecule has 0 spiro atoms. The van der Waals surface area contributed by atoms with Crippen LogP contribution >= 0.6 is 11.3 Å². The topological polar surface area (TPSA) is 72.0 Å². The molecule has 0 aliphatic rings. The number of amidine groups is 1. The predicted octanol–water partition coefficient (Wildman–Crippen LogP) is 3.45. The van der Waals surface area contributed by atoms with Crippen molar-refractivity contribution >= 4 is 17.2 Å². The molecule has 1 aromatic heterocycles. The molecule has 3 N–H and O–H groups in total. The third-order valence-electron chi connectivity index (χ3n) is 2.85. The van der Waals surface area contributed by atoms with Gasteiger partial charge in [-0.05, 0) is 37.1 Å². The van der Waals surface area contributed by atoms with E-state index in [2.05, 4.69) is 11.9 Å². The van der Waals surface area contributed by atoms with Crippen LogP contribution in [0, 0.1) is 5.41 Å². The molecule has 5 heteroatoms. The lowest BCUT2D eigenvalue weighted by atomic mass is 10.2. The molecule has 1 aromatic carbocycles. The van der Waals surface area contributed by atoms with Crippen molar-refractivity contribution in [2.24, 2.45) is 5.73 Å². The maximum atomic E-state index is 7.59. The van der Waals surface area contributed by atoms with Gasteiger partial charge >= 0.3 is 0 Å². The third kappa shape index (κ3) is 3.17. The molecule has 106 valence electrons. The van der Waals surface area contributed by atoms with Gasteiger partial charge in [0.1, 0.15) is 16.6 Å². The van der Waals surface area contributed by atoms with Gasteiger partial charge in [-0.3, -0.25) is 5.41 Å². The molecule has 0 saturated heterocycles. The SMILES string of the molecule is CCCOc1ccc(-c2nc(CC)c(C(=N)N)s2)cc1. The Bertz CT molecular complexity index is 590. The zero-order chi connectivity index (χ0) is 14.5. The maximum absolute atomic E-state index is 7.59. The number of thiazole rings is 1. The molecule has 0 amide bonds. The highest BCUT2D eigenvalue weighted by Gasteiger charge is 2.13. The number of nitrogens with one attached hydrogen (secondary N) is 1. The molecule has 0 fully saturated rings. The first-order valence-electron chi connectivity index (χ1n) is 6.73. The number of hydrogen-bond acceptors (Lipinski definition) is 4. The van der Waals surface area contributed by atoms with Crippen LogP contribution in [0.4, 0.5) is 0 Å². The summed E-state index contributed by atoms with van der Waals surface area (Å²) in [5.74, 6) is 0.961. The van der Waals surface area contributed by atoms with Crippen molar-refractivity contribution in [1.82, 2.24) is 4.98 Å². The first-order chi connectivity index (χ1) is 9.65. The van der Waals surface area contributed by atoms with Crippen LogP contribution in [0.2, 0.25) is 0 Å². The Hall–Kier alpha value is -1.88. The lowest BCUT2D eigenvalue weighted by Crippen LogP contribution is -2.11. The number of aromatic nitrogens is 1. The van der Waals surface area contributed by atoms with Crippen molar-refractivity contribution in [2.45, 2.75) is 26.7 Å². The molecule has 0 unspecified atom stereocenters. The van der Waals surface area contributed by atoms with Gasteiger partial charge in [0, 0.05) is 5.56 Å². The molecule has 1 heterocycles. The van der Waals surface area contributed by atoms with Crippen LogP contribution in [-0.2, 0) is 6.42 Å². The highest BCUT2D eigenvalue weighted by Crippen LogP contribution is 2.29. The Kier molecular flexibility index (Phi) is 4.74. The number of rotatable bonds is 6. The molecular formula is C15H19N3OS. The van der Waals surface area contributed by atoms with Crippen molar-refractivity contribution in [1.29, 1.82) is 5.41 Å². The standard InChI is InChI=1S/C15H19N3OS/c1-3-9-19-11-7-5-10(6-8-11)15-18-12(4-2)13(20-15)14(16)17/h5-8H,3-4,9H2,1-2H3,(H3,16,17). The summed E-state index contributed by atoms with van der Waals surface area (Å²) in [6.45, 7) is 4.83. The highest BCUT2D eigenvalue weighted by atomic mass is 32.1. The Morgan fingerprint density at radius 3 is 2.50 bits per heavy atom. The summed E-state index contributed by atoms with van der Waals surface area (Å²) in [6.07, 6.45) is 1.78. The van der Waals surface area contributed by atoms with Crippen molar-refractivity contribution in [2.75, 3.05) is 6.61 Å². The molecule has 0 radical (unpaired) electrons. The van der Waals surface area contributed by atoms with Crippen LogP contribution in [0.5, 0.6) is 5.75 Å². The van der Waals surface area contributed by atoms with E-state index in [0.717, 1.165) is 46.3 Å². The van der Waals surface area contributed by atoms with Crippen LogP contribution < -0.4 is 10.5 Å². The van der Waals surface area contributed by atoms with E-state index in [1.165, 1.54) is 11.3 Å². The summed E-state index contributed by atoms with van der Waals surface area (Å²) >= 11 is 1.47. The van der Waals surface area contributed by atoms with Crippen LogP contribution in [0.3, 0.4) is 0 Å². The Morgan fingerprint density at radius 1 is 1.30 bits per heavy atom. The zero-order valence-corrected chi connectivity index (χ0v) is 12.6. The van der Waals surface area contributed by atoms with Gasteiger partial charge in [-0.1, -0.05) is 13.8 Å². The van der Waals surface area contributed by atoms with Gasteiger partial charge < -0.3 is 10.5 Å². The van der Waals surface area contributed by atoms with E-state index in [-0.39, 0.29) is 5.84 Å². The fourth-order valence-electron chi connectivity index (χ4n) is 1.84. The minimum Gasteiger partial charge on any atom is -0.494 e. The number of nitrogens with two attached hydrogens (primary N) is 1. The number of aryl methyl sites for hydroxylation is 1. The number of benzene rings is 1. The van der Waals surface area contributed by atoms with Gasteiger partial charge in [-0.2, -0.15) is 0 Å². The number of nitrogen functional groups attached to an aromatic ring is 1. The van der Waals surface area contributed by atoms with E-state index < -0.39 is 0 Å². The number of nitrogens with zero attached hydrogens (tertiary/aromatic N) is 1. The molecule has 0 saturated carbocycles. The second-order valence-corrected chi connectivity index (χ2v) is 5.43. The Balaban J connectivity index is 2.25. The van der Waals surface area contributed by atoms with Crippen molar-refractivity contribution in [3.63, 3.8) is 0 Å². The second kappa shape index (κ2) is 6.52. The van der Waals surface area contributed by atoms with E-state index in [1.54, 1.807) is 0 Å². The van der Waals surface area contributed by atoms with Gasteiger partial charge in [0.15, 0.2) is 0 Å². The number of hydrogen-bond donors (Lipinski definition) is 2. The van der Waals surface area contributed by atoms with E-state index in [1.807, 2.05) is 31.2 Å². The molecule has 0 aliphatic carbocycles. The molecule has 2 aromatic rings. The first kappa shape index (κ1) is 14.5. The summed E-state index contributed by atoms with van der Waals surface area (Å²) in [6, 6.07) is 7.89. The average molecular weight is 289 g/mol. The minimum atomic E-state index is 0.0912. The summed E-state index contributed by atoms with van der Waals surface area (Å²) < 4.78 is 5.56. The molecular weight excluding hydrogens is 270 g/mol. The first-order valence-corrected chi connectivity index (χ1v) is 7.54. The fourth-order valence-corrected chi connectivity index (χ4v) is 2.86. The summed E-state index contributed by atoms with van der Waals surface area (Å²) in [5, 5.41) is 8.49. The smallest absolute Gasteiger partial charge is 0.135 e. The molecule has 0 bridgehead atoms. The van der Waals surface area contributed by atoms with Gasteiger partial charge in [0.25, 0.3) is 0 Å². The van der Waals surface area contributed by atoms with Crippen molar-refractivity contribution in [3.8, 4) is 16.3 Å². The van der Waals surface area contributed by atoms with Gasteiger partial charge in [0.2, 0.25) is 0 Å². The third-order valence-corrected chi connectivity index (χ3v) is 4.03. The molecule has 2 rings (SSSR count). The molecule has 0 aliphatic heterocycles. The summed E-state index contributed by atoms with van der Waals surface area (Å²) in [5.41, 5.74) is 7.52. The lowest BCUT2D eigenvalue weighted by molar-refractivity contribution is 0.317. The average Bonchev–Trinajstić information content (AvgIpc) is 2.90. The van der Waals surface area contributed by atoms with Crippen LogP contribution in [-0.4, -0.2) is 17.4 Å². The Labute approximate surface area is 123 Å². The second-order valence-electron chi connectivity index (χ2n) is 4.43. The summed E-state index contributed by atoms with van der Waals surface area (Å²) in [7, 11) is 0. The molecule has 0 atom stereocenters. The van der Waals surface area contributed by atoms with Crippen LogP contribution in [0.15, 0.2) is 24.3 Å². The largest absolute Gasteiger partial charge is 0.494 e. The van der Waals surface area contributed by atoms with E-state index in [4.69, 9.17) is 15.9 Å². The van der Waals surface area contributed by atoms with E-state index in [0.29, 0.717) is 0 Å². The predicted molar refractivity (Wildman–Crippen MR) is 83.7 cm³/mol. The fraction of sp³-hybridized carbons (Fsp3) is 0.333.